The number of methoxy groups -OCH3 is 4. The van der Waals surface area contributed by atoms with E-state index >= 15 is 8.78 Å². The molecule has 0 radical (unpaired) electrons. The molecule has 2 aromatic carbocycles. The summed E-state index contributed by atoms with van der Waals surface area (Å²) in [6, 6.07) is 12.1. The third-order valence-corrected chi connectivity index (χ3v) is 17.0. The summed E-state index contributed by atoms with van der Waals surface area (Å²) >= 11 is 0. The molecule has 27 nitrogen and oxygen atoms in total. The lowest BCUT2D eigenvalue weighted by Crippen LogP contribution is -2.31. The Balaban J connectivity index is 0.000000221. The number of aryl methyl sites for hydroxylation is 2. The van der Waals surface area contributed by atoms with Crippen LogP contribution in [0, 0.1) is 11.6 Å². The number of rotatable bonds is 23. The van der Waals surface area contributed by atoms with Gasteiger partial charge in [-0.25, -0.2) is 62.9 Å². The van der Waals surface area contributed by atoms with E-state index in [0.29, 0.717) is 39.3 Å². The summed E-state index contributed by atoms with van der Waals surface area (Å²) in [5.74, 6) is -0.937. The Labute approximate surface area is 482 Å². The summed E-state index contributed by atoms with van der Waals surface area (Å²) < 4.78 is 153. The van der Waals surface area contributed by atoms with Gasteiger partial charge in [-0.05, 0) is 24.3 Å². The zero-order chi connectivity index (χ0) is 60.9. The van der Waals surface area contributed by atoms with E-state index in [0.717, 1.165) is 27.0 Å². The molecule has 0 aliphatic heterocycles. The van der Waals surface area contributed by atoms with Crippen LogP contribution in [-0.4, -0.2) is 182 Å². The molecule has 0 unspecified atom stereocenters. The van der Waals surface area contributed by atoms with Crippen molar-refractivity contribution in [3.05, 3.63) is 116 Å². The molecule has 0 spiro atoms. The van der Waals surface area contributed by atoms with Gasteiger partial charge in [0, 0.05) is 99.6 Å². The van der Waals surface area contributed by atoms with Gasteiger partial charge in [-0.1, -0.05) is 0 Å². The molecule has 0 aliphatic carbocycles. The molecule has 9 aromatic rings. The number of hydrogen-bond acceptors (Lipinski definition) is 23. The standard InChI is InChI=1S/C27H30FN9O6S2.C24H27FN6O6S2/c1-34(2)45(40,41)37-9-8-29-25(37)17-36(22-12-19(42-3)13-23(43-4)26(22)28)24-7-6-20-27(33-24)32-21(15-30-20)18-14-31-35(16-18)10-11-44(5,38)39;1-36-17-11-20(23(25)21(12-17)37-2)31(8-10-39(4,34)35)22-6-5-18-24(29-22)28-19(14-26-18)16-13-27-30(15-16)7-9-38(3,32)33/h6-9,12-16H,10-11,17H2,1-5H3;5-6,11-15H,7-10H2,1-4H3. The molecule has 0 aliphatic rings. The van der Waals surface area contributed by atoms with E-state index in [2.05, 4.69) is 45.1 Å². The predicted octanol–water partition coefficient (Wildman–Crippen LogP) is 4.55. The highest BCUT2D eigenvalue weighted by Gasteiger charge is 2.27. The van der Waals surface area contributed by atoms with Gasteiger partial charge in [-0.2, -0.15) is 22.9 Å². The van der Waals surface area contributed by atoms with Crippen LogP contribution in [0.5, 0.6) is 23.0 Å². The van der Waals surface area contributed by atoms with Crippen molar-refractivity contribution in [1.29, 1.82) is 0 Å². The van der Waals surface area contributed by atoms with Crippen LogP contribution < -0.4 is 28.7 Å². The highest BCUT2D eigenvalue weighted by molar-refractivity contribution is 7.91. The van der Waals surface area contributed by atoms with Gasteiger partial charge in [0.25, 0.3) is 0 Å². The summed E-state index contributed by atoms with van der Waals surface area (Å²) in [7, 11) is -5.44. The van der Waals surface area contributed by atoms with E-state index in [9.17, 15) is 33.7 Å². The first kappa shape index (κ1) is 61.5. The quantitative estimate of drug-likeness (QED) is 0.0848. The van der Waals surface area contributed by atoms with E-state index in [1.54, 1.807) is 36.7 Å². The first-order valence-electron chi connectivity index (χ1n) is 24.9. The van der Waals surface area contributed by atoms with Crippen LogP contribution in [0.25, 0.3) is 44.8 Å². The molecule has 7 heterocycles. The fourth-order valence-corrected chi connectivity index (χ4v) is 10.5. The molecule has 33 heteroatoms. The van der Waals surface area contributed by atoms with Crippen molar-refractivity contribution < 1.29 is 61.4 Å². The molecule has 7 aromatic heterocycles. The van der Waals surface area contributed by atoms with Crippen molar-refractivity contribution in [2.45, 2.75) is 19.6 Å². The molecular formula is C51H57F2N15O12S4. The topological polar surface area (TPSA) is 314 Å². The minimum absolute atomic E-state index is 0.0120. The maximum absolute atomic E-state index is 15.9. The Morgan fingerprint density at radius 2 is 1.00 bits per heavy atom. The summed E-state index contributed by atoms with van der Waals surface area (Å²) in [5, 5.41) is 8.40. The lowest BCUT2D eigenvalue weighted by molar-refractivity contribution is 0.374. The van der Waals surface area contributed by atoms with E-state index in [1.807, 2.05) is 0 Å². The van der Waals surface area contributed by atoms with Gasteiger partial charge >= 0.3 is 10.2 Å². The van der Waals surface area contributed by atoms with Gasteiger partial charge in [0.05, 0.1) is 113 Å². The number of ether oxygens (including phenoxy) is 4. The van der Waals surface area contributed by atoms with Gasteiger partial charge in [0.1, 0.15) is 69.5 Å². The SMILES string of the molecule is COc1cc(OC)c(F)c(N(CCS(C)(=O)=O)c2ccc3ncc(-c4cnn(CCS(C)(=O)=O)c4)nc3n2)c1.COc1cc(OC)c(F)c(N(Cc2nccn2S(=O)(=O)N(C)C)c2ccc3ncc(-c4cnn(CCS(C)(=O)=O)c4)nc3n2)c1. The Morgan fingerprint density at radius 3 is 1.43 bits per heavy atom. The Hall–Kier alpha value is -8.53. The first-order valence-corrected chi connectivity index (χ1v) is 32.4. The van der Waals surface area contributed by atoms with E-state index in [-0.39, 0.29) is 101 Å². The number of pyridine rings is 2. The third-order valence-electron chi connectivity index (χ3n) is 12.4. The molecule has 0 N–H and O–H groups in total. The number of fused-ring (bicyclic) bond motifs is 2. The van der Waals surface area contributed by atoms with E-state index in [4.69, 9.17) is 18.9 Å². The Kier molecular flexibility index (Phi) is 18.4. The van der Waals surface area contributed by atoms with Crippen LogP contribution in [0.3, 0.4) is 0 Å². The second-order valence-corrected chi connectivity index (χ2v) is 27.7. The van der Waals surface area contributed by atoms with Gasteiger partial charge in [-0.3, -0.25) is 19.3 Å². The lowest BCUT2D eigenvalue weighted by Gasteiger charge is -2.26. The summed E-state index contributed by atoms with van der Waals surface area (Å²) in [5.41, 5.74) is 3.37. The zero-order valence-electron chi connectivity index (χ0n) is 46.7. The number of hydrogen-bond donors (Lipinski definition) is 0. The summed E-state index contributed by atoms with van der Waals surface area (Å²) in [6.07, 6.45) is 15.5. The molecule has 0 saturated heterocycles. The maximum Gasteiger partial charge on any atom is 0.308 e. The molecule has 84 heavy (non-hydrogen) atoms. The van der Waals surface area contributed by atoms with Crippen LogP contribution in [0.1, 0.15) is 5.82 Å². The third kappa shape index (κ3) is 14.8. The Bertz CT molecular complexity index is 4360. The van der Waals surface area contributed by atoms with Crippen molar-refractivity contribution in [2.24, 2.45) is 0 Å². The normalized spacial score (nSPS) is 12.1. The second kappa shape index (κ2) is 25.1. The molecule has 0 fully saturated rings. The van der Waals surface area contributed by atoms with Crippen molar-refractivity contribution >= 4 is 85.1 Å². The molecule has 9 rings (SSSR count). The first-order chi connectivity index (χ1) is 39.7. The molecule has 0 amide bonds. The van der Waals surface area contributed by atoms with Crippen molar-refractivity contribution in [3.63, 3.8) is 0 Å². The minimum Gasteiger partial charge on any atom is -0.497 e. The van der Waals surface area contributed by atoms with E-state index < -0.39 is 51.4 Å². The number of halogens is 2. The monoisotopic (exact) mass is 1240 g/mol. The molecule has 446 valence electrons. The smallest absolute Gasteiger partial charge is 0.308 e. The number of sulfone groups is 3. The number of imidazole rings is 1. The summed E-state index contributed by atoms with van der Waals surface area (Å²) in [4.78, 5) is 34.4. The van der Waals surface area contributed by atoms with Gasteiger partial charge in [0.2, 0.25) is 0 Å². The van der Waals surface area contributed by atoms with Crippen molar-refractivity contribution in [2.75, 3.05) is 94.9 Å². The predicted molar refractivity (Wildman–Crippen MR) is 308 cm³/mol. The van der Waals surface area contributed by atoms with Gasteiger partial charge < -0.3 is 28.7 Å². The average Bonchev–Trinajstić information content (AvgIpc) is 2.53. The van der Waals surface area contributed by atoms with Gasteiger partial charge in [0.15, 0.2) is 34.4 Å². The average molecular weight is 1240 g/mol. The second-order valence-electron chi connectivity index (χ2n) is 18.9. The van der Waals surface area contributed by atoms with Crippen LogP contribution in [0.2, 0.25) is 0 Å². The van der Waals surface area contributed by atoms with Crippen molar-refractivity contribution in [3.8, 4) is 45.5 Å². The zero-order valence-corrected chi connectivity index (χ0v) is 49.9. The largest absolute Gasteiger partial charge is 0.497 e. The van der Waals surface area contributed by atoms with Crippen LogP contribution in [0.15, 0.2) is 98.1 Å². The van der Waals surface area contributed by atoms with Crippen LogP contribution in [-0.2, 0) is 59.4 Å². The number of nitrogens with zero attached hydrogens (tertiary/aromatic N) is 15. The molecule has 0 atom stereocenters. The number of aromatic nitrogens is 12. The number of benzene rings is 2. The summed E-state index contributed by atoms with van der Waals surface area (Å²) in [6.45, 7) is 0.0238. The fraction of sp³-hybridized carbons (Fsp3) is 0.314. The highest BCUT2D eigenvalue weighted by Crippen LogP contribution is 2.39. The van der Waals surface area contributed by atoms with Crippen molar-refractivity contribution in [1.82, 2.24) is 62.7 Å². The maximum atomic E-state index is 15.9. The fourth-order valence-electron chi connectivity index (χ4n) is 8.02. The number of anilines is 4. The van der Waals surface area contributed by atoms with Crippen LogP contribution >= 0.6 is 0 Å². The molecular weight excluding hydrogens is 1180 g/mol. The van der Waals surface area contributed by atoms with Crippen LogP contribution in [0.4, 0.5) is 31.8 Å². The van der Waals surface area contributed by atoms with Gasteiger partial charge in [-0.15, -0.1) is 0 Å². The lowest BCUT2D eigenvalue weighted by atomic mass is 10.2. The Morgan fingerprint density at radius 1 is 0.548 bits per heavy atom. The minimum atomic E-state index is -3.96. The highest BCUT2D eigenvalue weighted by atomic mass is 32.2. The molecule has 0 bridgehead atoms. The van der Waals surface area contributed by atoms with E-state index in [1.165, 1.54) is 123 Å². The molecule has 0 saturated carbocycles.